The van der Waals surface area contributed by atoms with Crippen molar-refractivity contribution in [2.75, 3.05) is 0 Å². The van der Waals surface area contributed by atoms with Gasteiger partial charge in [0.1, 0.15) is 5.60 Å². The van der Waals surface area contributed by atoms with Gasteiger partial charge in [0, 0.05) is 4.87 Å². The van der Waals surface area contributed by atoms with Crippen molar-refractivity contribution in [3.8, 4) is 0 Å². The fraction of sp³-hybridized carbons (Fsp3) is 0.684. The molecule has 0 unspecified atom stereocenters. The molecule has 0 bridgehead atoms. The van der Waals surface area contributed by atoms with E-state index in [2.05, 4.69) is 32.0 Å². The number of benzene rings is 1. The van der Waals surface area contributed by atoms with E-state index in [1.807, 2.05) is 41.5 Å². The highest BCUT2D eigenvalue weighted by molar-refractivity contribution is 6.23. The molecular weight excluding hydrogens is 296 g/mol. The van der Waals surface area contributed by atoms with Crippen molar-refractivity contribution in [2.45, 2.75) is 84.3 Å². The number of rotatable bonds is 7. The minimum Gasteiger partial charge on any atom is -0.230 e. The fourth-order valence-corrected chi connectivity index (χ4v) is 2.16. The molecule has 0 radical (unpaired) electrons. The van der Waals surface area contributed by atoms with Crippen molar-refractivity contribution < 1.29 is 9.78 Å². The normalized spacial score (nSPS) is 13.5. The highest BCUT2D eigenvalue weighted by Crippen LogP contribution is 2.31. The van der Waals surface area contributed by atoms with Crippen LogP contribution < -0.4 is 0 Å². The molecule has 0 aliphatic carbocycles. The number of hydrogen-bond acceptors (Lipinski definition) is 2. The summed E-state index contributed by atoms with van der Waals surface area (Å²) in [6.07, 6.45) is 1.72. The molecule has 0 saturated carbocycles. The molecule has 126 valence electrons. The second-order valence-corrected chi connectivity index (χ2v) is 8.85. The molecule has 0 heterocycles. The maximum Gasteiger partial charge on any atom is 0.123 e. The zero-order chi connectivity index (χ0) is 17.2. The third kappa shape index (κ3) is 5.91. The average molecular weight is 327 g/mol. The van der Waals surface area contributed by atoms with E-state index in [0.717, 1.165) is 18.4 Å². The first kappa shape index (κ1) is 19.5. The summed E-state index contributed by atoms with van der Waals surface area (Å²) in [4.78, 5) is 11.2. The average Bonchev–Trinajstić information content (AvgIpc) is 2.38. The SMILES string of the molecule is CCC(C)(C)OOC(C)(C)c1ccc(C)c(CC(C)(C)Cl)c1. The van der Waals surface area contributed by atoms with Gasteiger partial charge in [-0.15, -0.1) is 11.6 Å². The van der Waals surface area contributed by atoms with Crippen molar-refractivity contribution in [1.82, 2.24) is 0 Å². The Bertz CT molecular complexity index is 499. The summed E-state index contributed by atoms with van der Waals surface area (Å²) in [7, 11) is 0. The molecular formula is C19H31ClO2. The van der Waals surface area contributed by atoms with Crippen LogP contribution in [0.25, 0.3) is 0 Å². The summed E-state index contributed by atoms with van der Waals surface area (Å²) in [6.45, 7) is 16.4. The van der Waals surface area contributed by atoms with E-state index in [1.54, 1.807) is 0 Å². The van der Waals surface area contributed by atoms with Gasteiger partial charge < -0.3 is 0 Å². The molecule has 0 aliphatic rings. The molecule has 3 heteroatoms. The molecule has 0 amide bonds. The monoisotopic (exact) mass is 326 g/mol. The molecule has 0 fully saturated rings. The smallest absolute Gasteiger partial charge is 0.123 e. The van der Waals surface area contributed by atoms with Crippen molar-refractivity contribution in [3.63, 3.8) is 0 Å². The second-order valence-electron chi connectivity index (χ2n) is 7.83. The lowest BCUT2D eigenvalue weighted by Crippen LogP contribution is -2.30. The van der Waals surface area contributed by atoms with Crippen LogP contribution >= 0.6 is 11.6 Å². The van der Waals surface area contributed by atoms with Gasteiger partial charge in [-0.05, 0) is 78.0 Å². The van der Waals surface area contributed by atoms with Crippen molar-refractivity contribution in [1.29, 1.82) is 0 Å². The van der Waals surface area contributed by atoms with E-state index in [-0.39, 0.29) is 10.5 Å². The summed E-state index contributed by atoms with van der Waals surface area (Å²) in [5, 5.41) is 0. The van der Waals surface area contributed by atoms with Crippen LogP contribution in [0.3, 0.4) is 0 Å². The van der Waals surface area contributed by atoms with Gasteiger partial charge in [-0.25, -0.2) is 9.78 Å². The third-order valence-electron chi connectivity index (χ3n) is 3.98. The second kappa shape index (κ2) is 6.90. The van der Waals surface area contributed by atoms with Crippen molar-refractivity contribution >= 4 is 11.6 Å². The first-order valence-electron chi connectivity index (χ1n) is 8.02. The van der Waals surface area contributed by atoms with Crippen LogP contribution in [0.1, 0.15) is 71.6 Å². The molecule has 0 aromatic heterocycles. The molecule has 2 nitrogen and oxygen atoms in total. The maximum absolute atomic E-state index is 6.39. The predicted octanol–water partition coefficient (Wildman–Crippen LogP) is 5.93. The highest BCUT2D eigenvalue weighted by Gasteiger charge is 2.28. The first-order valence-corrected chi connectivity index (χ1v) is 8.40. The maximum atomic E-state index is 6.39. The zero-order valence-corrected chi connectivity index (χ0v) is 16.1. The van der Waals surface area contributed by atoms with E-state index in [1.165, 1.54) is 11.1 Å². The molecule has 22 heavy (non-hydrogen) atoms. The van der Waals surface area contributed by atoms with Crippen LogP contribution in [-0.2, 0) is 21.8 Å². The number of halogens is 1. The summed E-state index contributed by atoms with van der Waals surface area (Å²) >= 11 is 6.39. The van der Waals surface area contributed by atoms with Crippen LogP contribution in [0, 0.1) is 6.92 Å². The van der Waals surface area contributed by atoms with Crippen molar-refractivity contribution in [3.05, 3.63) is 34.9 Å². The van der Waals surface area contributed by atoms with E-state index in [0.29, 0.717) is 0 Å². The van der Waals surface area contributed by atoms with E-state index in [4.69, 9.17) is 21.4 Å². The Morgan fingerprint density at radius 2 is 1.59 bits per heavy atom. The summed E-state index contributed by atoms with van der Waals surface area (Å²) < 4.78 is 0. The van der Waals surface area contributed by atoms with Crippen LogP contribution in [0.2, 0.25) is 0 Å². The first-order chi connectivity index (χ1) is 9.86. The van der Waals surface area contributed by atoms with E-state index >= 15 is 0 Å². The lowest BCUT2D eigenvalue weighted by molar-refractivity contribution is -0.405. The zero-order valence-electron chi connectivity index (χ0n) is 15.3. The number of alkyl halides is 1. The van der Waals surface area contributed by atoms with Gasteiger partial charge in [0.25, 0.3) is 0 Å². The van der Waals surface area contributed by atoms with Crippen LogP contribution in [0.4, 0.5) is 0 Å². The quantitative estimate of drug-likeness (QED) is 0.351. The highest BCUT2D eigenvalue weighted by atomic mass is 35.5. The number of aryl methyl sites for hydroxylation is 1. The Labute approximate surface area is 141 Å². The Kier molecular flexibility index (Phi) is 6.11. The van der Waals surface area contributed by atoms with E-state index in [9.17, 15) is 0 Å². The Morgan fingerprint density at radius 1 is 1.00 bits per heavy atom. The third-order valence-corrected chi connectivity index (χ3v) is 4.12. The molecule has 0 N–H and O–H groups in total. The van der Waals surface area contributed by atoms with Gasteiger partial charge in [-0.3, -0.25) is 0 Å². The molecule has 1 aromatic rings. The molecule has 0 atom stereocenters. The van der Waals surface area contributed by atoms with Crippen LogP contribution in [0.5, 0.6) is 0 Å². The summed E-state index contributed by atoms with van der Waals surface area (Å²) in [5.41, 5.74) is 2.81. The van der Waals surface area contributed by atoms with Crippen molar-refractivity contribution in [2.24, 2.45) is 0 Å². The Balaban J connectivity index is 2.97. The fourth-order valence-electron chi connectivity index (χ4n) is 2.01. The molecule has 0 aliphatic heterocycles. The van der Waals surface area contributed by atoms with Crippen LogP contribution in [0.15, 0.2) is 18.2 Å². The van der Waals surface area contributed by atoms with Gasteiger partial charge in [0.15, 0.2) is 0 Å². The molecule has 0 spiro atoms. The number of hydrogen-bond donors (Lipinski definition) is 0. The summed E-state index contributed by atoms with van der Waals surface area (Å²) in [6, 6.07) is 6.41. The molecule has 1 aromatic carbocycles. The molecule has 0 saturated heterocycles. The van der Waals surface area contributed by atoms with Gasteiger partial charge in [0.2, 0.25) is 0 Å². The minimum absolute atomic E-state index is 0.255. The lowest BCUT2D eigenvalue weighted by Gasteiger charge is -2.31. The van der Waals surface area contributed by atoms with Gasteiger partial charge in [0.05, 0.1) is 5.60 Å². The van der Waals surface area contributed by atoms with Gasteiger partial charge in [-0.1, -0.05) is 25.1 Å². The molecule has 1 rings (SSSR count). The Morgan fingerprint density at radius 3 is 2.09 bits per heavy atom. The van der Waals surface area contributed by atoms with Crippen LogP contribution in [-0.4, -0.2) is 10.5 Å². The van der Waals surface area contributed by atoms with Gasteiger partial charge >= 0.3 is 0 Å². The predicted molar refractivity (Wildman–Crippen MR) is 94.4 cm³/mol. The standard InChI is InChI=1S/C19H31ClO2/c1-9-18(5,6)21-22-19(7,8)16-11-10-14(2)15(12-16)13-17(3,4)20/h10-12H,9,13H2,1-8H3. The topological polar surface area (TPSA) is 18.5 Å². The summed E-state index contributed by atoms with van der Waals surface area (Å²) in [5.74, 6) is 0. The lowest BCUT2D eigenvalue weighted by atomic mass is 9.91. The van der Waals surface area contributed by atoms with Gasteiger partial charge in [-0.2, -0.15) is 0 Å². The minimum atomic E-state index is -0.509. The Hall–Kier alpha value is -0.570. The largest absolute Gasteiger partial charge is 0.230 e. The van der Waals surface area contributed by atoms with E-state index < -0.39 is 5.60 Å².